The zero-order valence-corrected chi connectivity index (χ0v) is 18.4. The number of carbonyl (C=O) groups excluding carboxylic acids is 2. The van der Waals surface area contributed by atoms with Crippen LogP contribution in [0.4, 0.5) is 11.4 Å². The Morgan fingerprint density at radius 1 is 1.16 bits per heavy atom. The molecule has 5 rings (SSSR count). The van der Waals surface area contributed by atoms with Gasteiger partial charge in [0.2, 0.25) is 5.91 Å². The summed E-state index contributed by atoms with van der Waals surface area (Å²) >= 11 is 3.44. The second-order valence-corrected chi connectivity index (χ2v) is 8.95. The van der Waals surface area contributed by atoms with Gasteiger partial charge in [0.05, 0.1) is 5.57 Å². The van der Waals surface area contributed by atoms with Crippen LogP contribution in [0.2, 0.25) is 0 Å². The standard InChI is InChI=1S/C24H19BrN4O2/c1-13-5-10-18-16(11-13)24(23(31)28-18)17(12-26)22(27)29(15-8-6-14(25)7-9-15)19-3-2-4-20(30)21(19)24/h5-11H,2-4,27H2,1H3,(H,28,31). The predicted molar refractivity (Wildman–Crippen MR) is 121 cm³/mol. The van der Waals surface area contributed by atoms with Gasteiger partial charge >= 0.3 is 0 Å². The van der Waals surface area contributed by atoms with E-state index in [1.54, 1.807) is 4.90 Å². The number of anilines is 2. The number of benzene rings is 2. The fourth-order valence-corrected chi connectivity index (χ4v) is 5.25. The molecule has 1 aliphatic carbocycles. The van der Waals surface area contributed by atoms with Gasteiger partial charge in [-0.1, -0.05) is 33.6 Å². The van der Waals surface area contributed by atoms with Crippen LogP contribution >= 0.6 is 15.9 Å². The molecular weight excluding hydrogens is 456 g/mol. The van der Waals surface area contributed by atoms with Crippen LogP contribution < -0.4 is 16.0 Å². The van der Waals surface area contributed by atoms with Crippen molar-refractivity contribution in [1.82, 2.24) is 0 Å². The molecular formula is C24H19BrN4O2. The summed E-state index contributed by atoms with van der Waals surface area (Å²) in [5.41, 5.74) is 9.16. The van der Waals surface area contributed by atoms with Crippen molar-refractivity contribution in [1.29, 1.82) is 5.26 Å². The molecule has 1 spiro atoms. The molecule has 0 fully saturated rings. The van der Waals surface area contributed by atoms with E-state index in [-0.39, 0.29) is 17.2 Å². The van der Waals surface area contributed by atoms with Gasteiger partial charge in [0.25, 0.3) is 0 Å². The first-order chi connectivity index (χ1) is 14.9. The molecule has 1 unspecified atom stereocenters. The Hall–Kier alpha value is -3.37. The van der Waals surface area contributed by atoms with Crippen LogP contribution in [0.15, 0.2) is 69.6 Å². The summed E-state index contributed by atoms with van der Waals surface area (Å²) in [6, 6.07) is 15.3. The summed E-state index contributed by atoms with van der Waals surface area (Å²) in [6.45, 7) is 1.92. The Labute approximate surface area is 188 Å². The number of nitriles is 1. The lowest BCUT2D eigenvalue weighted by atomic mass is 9.63. The highest BCUT2D eigenvalue weighted by Crippen LogP contribution is 2.55. The lowest BCUT2D eigenvalue weighted by molar-refractivity contribution is -0.122. The van der Waals surface area contributed by atoms with Crippen molar-refractivity contribution in [2.75, 3.05) is 10.2 Å². The number of carbonyl (C=O) groups is 2. The number of hydrogen-bond donors (Lipinski definition) is 2. The fourth-order valence-electron chi connectivity index (χ4n) is 4.99. The molecule has 1 amide bonds. The van der Waals surface area contributed by atoms with E-state index < -0.39 is 11.3 Å². The van der Waals surface area contributed by atoms with Crippen LogP contribution in [0.5, 0.6) is 0 Å². The molecule has 2 aliphatic heterocycles. The molecule has 6 nitrogen and oxygen atoms in total. The largest absolute Gasteiger partial charge is 0.384 e. The van der Waals surface area contributed by atoms with Crippen LogP contribution in [0.3, 0.4) is 0 Å². The Bertz CT molecular complexity index is 1270. The van der Waals surface area contributed by atoms with Crippen molar-refractivity contribution in [3.63, 3.8) is 0 Å². The number of amides is 1. The Kier molecular flexibility index (Phi) is 4.31. The maximum Gasteiger partial charge on any atom is 0.245 e. The Morgan fingerprint density at radius 2 is 1.90 bits per heavy atom. The average molecular weight is 475 g/mol. The lowest BCUT2D eigenvalue weighted by Crippen LogP contribution is -2.50. The summed E-state index contributed by atoms with van der Waals surface area (Å²) < 4.78 is 0.904. The smallest absolute Gasteiger partial charge is 0.245 e. The number of nitrogens with zero attached hydrogens (tertiary/aromatic N) is 2. The number of nitrogens with two attached hydrogens (primary N) is 1. The number of ketones is 1. The van der Waals surface area contributed by atoms with Crippen molar-refractivity contribution >= 4 is 39.0 Å². The Morgan fingerprint density at radius 3 is 2.61 bits per heavy atom. The van der Waals surface area contributed by atoms with Gasteiger partial charge < -0.3 is 11.1 Å². The lowest BCUT2D eigenvalue weighted by Gasteiger charge is -2.43. The molecule has 0 aromatic heterocycles. The van der Waals surface area contributed by atoms with Gasteiger partial charge in [0.15, 0.2) is 5.78 Å². The number of aryl methyl sites for hydroxylation is 1. The minimum atomic E-state index is -1.51. The zero-order valence-electron chi connectivity index (χ0n) is 16.8. The summed E-state index contributed by atoms with van der Waals surface area (Å²) in [7, 11) is 0. The first-order valence-corrected chi connectivity index (χ1v) is 10.8. The van der Waals surface area contributed by atoms with Crippen molar-refractivity contribution in [3.05, 3.63) is 80.7 Å². The third-order valence-electron chi connectivity index (χ3n) is 6.27. The van der Waals surface area contributed by atoms with Crippen LogP contribution in [-0.2, 0) is 15.0 Å². The van der Waals surface area contributed by atoms with E-state index in [0.29, 0.717) is 41.8 Å². The highest BCUT2D eigenvalue weighted by atomic mass is 79.9. The summed E-state index contributed by atoms with van der Waals surface area (Å²) in [6.07, 6.45) is 1.59. The minimum Gasteiger partial charge on any atom is -0.384 e. The predicted octanol–water partition coefficient (Wildman–Crippen LogP) is 4.17. The van der Waals surface area contributed by atoms with Gasteiger partial charge in [-0.3, -0.25) is 14.5 Å². The van der Waals surface area contributed by atoms with Gasteiger partial charge in [-0.25, -0.2) is 0 Å². The fraction of sp³-hybridized carbons (Fsp3) is 0.208. The maximum atomic E-state index is 13.6. The molecule has 7 heteroatoms. The van der Waals surface area contributed by atoms with E-state index in [0.717, 1.165) is 15.7 Å². The topological polar surface area (TPSA) is 99.2 Å². The SMILES string of the molecule is Cc1ccc2c(c1)C1(C(=O)N2)C(C#N)=C(N)N(c2ccc(Br)cc2)C2=C1C(=O)CCC2. The number of Topliss-reactive ketones (excluding diaryl/α,β-unsaturated/α-hetero) is 1. The first kappa shape index (κ1) is 19.6. The summed E-state index contributed by atoms with van der Waals surface area (Å²) in [5.74, 6) is -0.332. The number of allylic oxidation sites excluding steroid dienone is 1. The first-order valence-electron chi connectivity index (χ1n) is 10.0. The highest BCUT2D eigenvalue weighted by Gasteiger charge is 2.60. The average Bonchev–Trinajstić information content (AvgIpc) is 3.02. The molecule has 0 saturated heterocycles. The van der Waals surface area contributed by atoms with Gasteiger partial charge in [-0.15, -0.1) is 0 Å². The summed E-state index contributed by atoms with van der Waals surface area (Å²) in [4.78, 5) is 28.7. The van der Waals surface area contributed by atoms with Crippen molar-refractivity contribution in [3.8, 4) is 6.07 Å². The number of hydrogen-bond acceptors (Lipinski definition) is 5. The molecule has 2 aromatic carbocycles. The number of rotatable bonds is 1. The Balaban J connectivity index is 1.88. The zero-order chi connectivity index (χ0) is 21.9. The minimum absolute atomic E-state index is 0.0891. The molecule has 3 N–H and O–H groups in total. The van der Waals surface area contributed by atoms with E-state index in [1.807, 2.05) is 49.4 Å². The third kappa shape index (κ3) is 2.55. The van der Waals surface area contributed by atoms with Gasteiger partial charge in [-0.2, -0.15) is 5.26 Å². The molecule has 31 heavy (non-hydrogen) atoms. The van der Waals surface area contributed by atoms with Crippen LogP contribution in [0.25, 0.3) is 0 Å². The molecule has 154 valence electrons. The van der Waals surface area contributed by atoms with Crippen molar-refractivity contribution < 1.29 is 9.59 Å². The molecule has 2 aromatic rings. The molecule has 0 saturated carbocycles. The quantitative estimate of drug-likeness (QED) is 0.645. The van der Waals surface area contributed by atoms with Crippen LogP contribution in [-0.4, -0.2) is 11.7 Å². The monoisotopic (exact) mass is 474 g/mol. The number of nitrogens with one attached hydrogen (secondary N) is 1. The van der Waals surface area contributed by atoms with Crippen LogP contribution in [0.1, 0.15) is 30.4 Å². The molecule has 2 heterocycles. The van der Waals surface area contributed by atoms with Crippen molar-refractivity contribution in [2.24, 2.45) is 5.73 Å². The van der Waals surface area contributed by atoms with E-state index in [1.165, 1.54) is 0 Å². The second kappa shape index (κ2) is 6.82. The molecule has 0 bridgehead atoms. The van der Waals surface area contributed by atoms with E-state index in [2.05, 4.69) is 27.3 Å². The van der Waals surface area contributed by atoms with Gasteiger partial charge in [0.1, 0.15) is 17.3 Å². The second-order valence-electron chi connectivity index (χ2n) is 8.04. The maximum absolute atomic E-state index is 13.6. The normalized spacial score (nSPS) is 22.4. The molecule has 0 radical (unpaired) electrons. The molecule has 1 atom stereocenters. The van der Waals surface area contributed by atoms with Crippen LogP contribution in [0, 0.1) is 18.3 Å². The number of fused-ring (bicyclic) bond motifs is 3. The third-order valence-corrected chi connectivity index (χ3v) is 6.79. The van der Waals surface area contributed by atoms with Gasteiger partial charge in [0, 0.05) is 39.1 Å². The summed E-state index contributed by atoms with van der Waals surface area (Å²) in [5, 5.41) is 13.1. The van der Waals surface area contributed by atoms with Gasteiger partial charge in [-0.05, 0) is 50.1 Å². The number of halogens is 1. The van der Waals surface area contributed by atoms with Crippen molar-refractivity contribution in [2.45, 2.75) is 31.6 Å². The van der Waals surface area contributed by atoms with E-state index in [9.17, 15) is 14.9 Å². The highest BCUT2D eigenvalue weighted by molar-refractivity contribution is 9.10. The van der Waals surface area contributed by atoms with E-state index in [4.69, 9.17) is 5.73 Å². The molecule has 3 aliphatic rings. The van der Waals surface area contributed by atoms with E-state index >= 15 is 0 Å².